The highest BCUT2D eigenvalue weighted by Crippen LogP contribution is 2.47. The van der Waals surface area contributed by atoms with Crippen LogP contribution in [0.2, 0.25) is 0 Å². The lowest BCUT2D eigenvalue weighted by Crippen LogP contribution is -2.26. The average molecular weight is 282 g/mol. The van der Waals surface area contributed by atoms with E-state index in [0.717, 1.165) is 22.3 Å². The van der Waals surface area contributed by atoms with Crippen molar-refractivity contribution in [2.75, 3.05) is 0 Å². The summed E-state index contributed by atoms with van der Waals surface area (Å²) in [7, 11) is 0. The molecule has 1 aliphatic carbocycles. The van der Waals surface area contributed by atoms with Crippen molar-refractivity contribution in [2.24, 2.45) is 0 Å². The summed E-state index contributed by atoms with van der Waals surface area (Å²) in [5.41, 5.74) is 6.27. The molecule has 1 nitrogen and oxygen atoms in total. The number of fused-ring (bicyclic) bond motifs is 1. The molecular weight excluding hydrogens is 256 g/mol. The first-order chi connectivity index (χ1) is 9.54. The molecule has 0 amide bonds. The van der Waals surface area contributed by atoms with Gasteiger partial charge in [-0.1, -0.05) is 36.5 Å². The lowest BCUT2D eigenvalue weighted by Gasteiger charge is -2.23. The smallest absolute Gasteiger partial charge is 0.0891 e. The average Bonchev–Trinajstić information content (AvgIpc) is 2.40. The van der Waals surface area contributed by atoms with Crippen molar-refractivity contribution >= 4 is 0 Å². The summed E-state index contributed by atoms with van der Waals surface area (Å²) in [5, 5.41) is 0. The third-order valence-electron chi connectivity index (χ3n) is 4.12. The van der Waals surface area contributed by atoms with Gasteiger partial charge in [0.15, 0.2) is 0 Å². The maximum Gasteiger partial charge on any atom is 0.0891 e. The number of hydrogen-bond acceptors (Lipinski definition) is 1. The first-order valence-corrected chi connectivity index (χ1v) is 7.43. The van der Waals surface area contributed by atoms with Crippen LogP contribution >= 0.6 is 0 Å². The Morgan fingerprint density at radius 3 is 1.86 bits per heavy atom. The van der Waals surface area contributed by atoms with E-state index in [4.69, 9.17) is 4.74 Å². The van der Waals surface area contributed by atoms with Crippen LogP contribution in [-0.2, 0) is 4.74 Å². The Bertz CT molecular complexity index is 631. The summed E-state index contributed by atoms with van der Waals surface area (Å²) in [4.78, 5) is 0. The van der Waals surface area contributed by atoms with Crippen molar-refractivity contribution in [3.05, 3.63) is 70.9 Å². The van der Waals surface area contributed by atoms with Crippen LogP contribution in [0.15, 0.2) is 70.9 Å². The number of allylic oxidation sites excluding steroid dienone is 8. The molecule has 0 N–H and O–H groups in total. The van der Waals surface area contributed by atoms with Crippen molar-refractivity contribution in [1.29, 1.82) is 0 Å². The van der Waals surface area contributed by atoms with Crippen LogP contribution in [0.1, 0.15) is 41.5 Å². The summed E-state index contributed by atoms with van der Waals surface area (Å²) < 4.78 is 6.27. The zero-order chi connectivity index (χ0) is 16.0. The van der Waals surface area contributed by atoms with E-state index in [-0.39, 0.29) is 11.2 Å². The second-order valence-electron chi connectivity index (χ2n) is 7.04. The normalized spacial score (nSPS) is 25.4. The van der Waals surface area contributed by atoms with E-state index in [1.807, 2.05) is 13.8 Å². The minimum Gasteiger partial charge on any atom is -0.360 e. The summed E-state index contributed by atoms with van der Waals surface area (Å²) in [5.74, 6) is 0. The van der Waals surface area contributed by atoms with Gasteiger partial charge in [0.2, 0.25) is 0 Å². The molecular formula is C20H26O. The van der Waals surface area contributed by atoms with Crippen molar-refractivity contribution in [2.45, 2.75) is 52.7 Å². The van der Waals surface area contributed by atoms with Crippen LogP contribution in [0.4, 0.5) is 0 Å². The standard InChI is InChI=1S/C20H26O/c1-13(2)15-9-10-17-18(12-16(11-15)14(3)4)20(7,8)21-19(17,5)6/h9-12H,1,3H2,2,4-8H3/b10-9?,15-9?,15-11?,16-11?,16-12?,17-10?,18-12+. The Labute approximate surface area is 129 Å². The van der Waals surface area contributed by atoms with E-state index in [9.17, 15) is 0 Å². The van der Waals surface area contributed by atoms with Gasteiger partial charge in [0.1, 0.15) is 0 Å². The first kappa shape index (κ1) is 15.8. The lowest BCUT2D eigenvalue weighted by molar-refractivity contribution is -0.0456. The van der Waals surface area contributed by atoms with Gasteiger partial charge in [-0.05, 0) is 76.0 Å². The Morgan fingerprint density at radius 1 is 0.810 bits per heavy atom. The van der Waals surface area contributed by atoms with Gasteiger partial charge in [0.25, 0.3) is 0 Å². The summed E-state index contributed by atoms with van der Waals surface area (Å²) in [6.07, 6.45) is 8.70. The predicted molar refractivity (Wildman–Crippen MR) is 91.2 cm³/mol. The van der Waals surface area contributed by atoms with E-state index in [1.54, 1.807) is 0 Å². The summed E-state index contributed by atoms with van der Waals surface area (Å²) in [6.45, 7) is 20.8. The molecule has 2 rings (SSSR count). The second kappa shape index (κ2) is 4.99. The fourth-order valence-corrected chi connectivity index (χ4v) is 3.04. The topological polar surface area (TPSA) is 9.23 Å². The van der Waals surface area contributed by atoms with Gasteiger partial charge in [0.05, 0.1) is 11.2 Å². The quantitative estimate of drug-likeness (QED) is 0.655. The Balaban J connectivity index is 2.70. The molecule has 21 heavy (non-hydrogen) atoms. The molecule has 0 aromatic carbocycles. The minimum atomic E-state index is -0.293. The van der Waals surface area contributed by atoms with Crippen molar-refractivity contribution in [3.63, 3.8) is 0 Å². The van der Waals surface area contributed by atoms with Crippen LogP contribution in [0.25, 0.3) is 0 Å². The maximum absolute atomic E-state index is 6.27. The van der Waals surface area contributed by atoms with Crippen LogP contribution in [0.3, 0.4) is 0 Å². The van der Waals surface area contributed by atoms with Gasteiger partial charge in [-0.2, -0.15) is 0 Å². The van der Waals surface area contributed by atoms with Crippen molar-refractivity contribution in [3.8, 4) is 0 Å². The molecule has 0 unspecified atom stereocenters. The molecule has 2 aliphatic rings. The van der Waals surface area contributed by atoms with E-state index >= 15 is 0 Å². The number of rotatable bonds is 2. The summed E-state index contributed by atoms with van der Waals surface area (Å²) in [6, 6.07) is 0. The predicted octanol–water partition coefficient (Wildman–Crippen LogP) is 5.45. The van der Waals surface area contributed by atoms with E-state index in [0.29, 0.717) is 0 Å². The van der Waals surface area contributed by atoms with Gasteiger partial charge in [0, 0.05) is 0 Å². The third-order valence-corrected chi connectivity index (χ3v) is 4.12. The maximum atomic E-state index is 6.27. The molecule has 0 saturated carbocycles. The molecule has 112 valence electrons. The zero-order valence-corrected chi connectivity index (χ0v) is 14.1. The Morgan fingerprint density at radius 2 is 1.33 bits per heavy atom. The Kier molecular flexibility index (Phi) is 3.75. The van der Waals surface area contributed by atoms with Gasteiger partial charge in [-0.25, -0.2) is 0 Å². The zero-order valence-electron chi connectivity index (χ0n) is 14.1. The minimum absolute atomic E-state index is 0.288. The van der Waals surface area contributed by atoms with Gasteiger partial charge in [-0.15, -0.1) is 0 Å². The van der Waals surface area contributed by atoms with Gasteiger partial charge >= 0.3 is 0 Å². The van der Waals surface area contributed by atoms with E-state index in [1.165, 1.54) is 11.1 Å². The summed E-state index contributed by atoms with van der Waals surface area (Å²) >= 11 is 0. The molecule has 0 spiro atoms. The molecule has 0 radical (unpaired) electrons. The lowest BCUT2D eigenvalue weighted by atomic mass is 9.84. The Hall–Kier alpha value is -1.60. The molecule has 0 atom stereocenters. The first-order valence-electron chi connectivity index (χ1n) is 7.43. The SMILES string of the molecule is C=C(C)C1=CC=C2/C(=C\C(C(=C)C)=C1)C(C)(C)OC2(C)C. The molecule has 0 bridgehead atoms. The highest BCUT2D eigenvalue weighted by atomic mass is 16.5. The fourth-order valence-electron chi connectivity index (χ4n) is 3.04. The largest absolute Gasteiger partial charge is 0.360 e. The molecule has 1 saturated heterocycles. The molecule has 1 aliphatic heterocycles. The molecule has 1 heteroatoms. The molecule has 1 fully saturated rings. The molecule has 0 aromatic rings. The monoisotopic (exact) mass is 282 g/mol. The van der Waals surface area contributed by atoms with E-state index < -0.39 is 0 Å². The van der Waals surface area contributed by atoms with Crippen LogP contribution < -0.4 is 0 Å². The number of hydrogen-bond donors (Lipinski definition) is 0. The van der Waals surface area contributed by atoms with Gasteiger partial charge in [-0.3, -0.25) is 0 Å². The van der Waals surface area contributed by atoms with Gasteiger partial charge < -0.3 is 4.74 Å². The van der Waals surface area contributed by atoms with Crippen molar-refractivity contribution in [1.82, 2.24) is 0 Å². The molecule has 1 heterocycles. The second-order valence-corrected chi connectivity index (χ2v) is 7.04. The van der Waals surface area contributed by atoms with E-state index in [2.05, 4.69) is 65.2 Å². The fraction of sp³-hybridized carbons (Fsp3) is 0.400. The highest BCUT2D eigenvalue weighted by Gasteiger charge is 2.45. The highest BCUT2D eigenvalue weighted by molar-refractivity contribution is 5.59. The van der Waals surface area contributed by atoms with Crippen LogP contribution in [0, 0.1) is 0 Å². The third kappa shape index (κ3) is 2.89. The van der Waals surface area contributed by atoms with Crippen LogP contribution in [-0.4, -0.2) is 11.2 Å². The molecule has 0 aromatic heterocycles. The van der Waals surface area contributed by atoms with Crippen LogP contribution in [0.5, 0.6) is 0 Å². The van der Waals surface area contributed by atoms with Crippen molar-refractivity contribution < 1.29 is 4.74 Å². The number of ether oxygens (including phenoxy) is 1.